The minimum absolute atomic E-state index is 0.0478. The molecule has 2 heterocycles. The lowest BCUT2D eigenvalue weighted by molar-refractivity contribution is 0.510. The minimum Gasteiger partial charge on any atom is -0.359 e. The molecule has 2 N–H and O–H groups in total. The summed E-state index contributed by atoms with van der Waals surface area (Å²) in [6.07, 6.45) is 11.4. The van der Waals surface area contributed by atoms with E-state index in [1.807, 2.05) is 0 Å². The molecule has 28 heavy (non-hydrogen) atoms. The van der Waals surface area contributed by atoms with Crippen LogP contribution in [-0.2, 0) is 0 Å². The van der Waals surface area contributed by atoms with Crippen LogP contribution in [0.4, 0.5) is 14.5 Å². The number of rotatable bonds is 6. The molecule has 2 atom stereocenters. The molecular formula is C20H16F2N6. The van der Waals surface area contributed by atoms with Gasteiger partial charge >= 0.3 is 0 Å². The van der Waals surface area contributed by atoms with Gasteiger partial charge in [-0.15, -0.1) is 0 Å². The number of benzene rings is 1. The van der Waals surface area contributed by atoms with Crippen LogP contribution in [-0.4, -0.2) is 26.2 Å². The Kier molecular flexibility index (Phi) is 4.84. The molecule has 140 valence electrons. The smallest absolute Gasteiger partial charge is 0.197 e. The van der Waals surface area contributed by atoms with Gasteiger partial charge in [0.1, 0.15) is 0 Å². The van der Waals surface area contributed by atoms with E-state index in [9.17, 15) is 8.78 Å². The number of hydrogen-bond donors (Lipinski definition) is 2. The largest absolute Gasteiger partial charge is 0.359 e. The summed E-state index contributed by atoms with van der Waals surface area (Å²) in [4.78, 5) is 16.9. The van der Waals surface area contributed by atoms with E-state index in [1.165, 1.54) is 18.3 Å². The molecule has 0 aliphatic heterocycles. The first-order valence-corrected chi connectivity index (χ1v) is 8.68. The lowest BCUT2D eigenvalue weighted by Crippen LogP contribution is -1.98. The Hall–Kier alpha value is -3.55. The van der Waals surface area contributed by atoms with Gasteiger partial charge in [0.2, 0.25) is 0 Å². The quantitative estimate of drug-likeness (QED) is 0.632. The topological polar surface area (TPSA) is 87.4 Å². The van der Waals surface area contributed by atoms with E-state index in [2.05, 4.69) is 25.3 Å². The minimum atomic E-state index is -0.939. The van der Waals surface area contributed by atoms with Crippen LogP contribution in [0.5, 0.6) is 0 Å². The fourth-order valence-corrected chi connectivity index (χ4v) is 3.11. The van der Waals surface area contributed by atoms with Gasteiger partial charge in [0.15, 0.2) is 23.3 Å². The molecule has 0 amide bonds. The fourth-order valence-electron chi connectivity index (χ4n) is 3.11. The molecule has 0 radical (unpaired) electrons. The highest BCUT2D eigenvalue weighted by Gasteiger charge is 2.40. The van der Waals surface area contributed by atoms with Gasteiger partial charge in [0.25, 0.3) is 0 Å². The maximum Gasteiger partial charge on any atom is 0.197 e. The number of nitrogens with one attached hydrogen (secondary N) is 2. The van der Waals surface area contributed by atoms with Crippen LogP contribution < -0.4 is 5.32 Å². The number of nitrogens with zero attached hydrogens (tertiary/aromatic N) is 4. The van der Waals surface area contributed by atoms with Crippen LogP contribution >= 0.6 is 0 Å². The third kappa shape index (κ3) is 3.62. The number of anilines is 1. The van der Waals surface area contributed by atoms with Crippen LogP contribution in [0.1, 0.15) is 29.4 Å². The van der Waals surface area contributed by atoms with Crippen molar-refractivity contribution in [3.05, 3.63) is 78.0 Å². The fraction of sp³-hybridized carbons (Fsp3) is 0.150. The van der Waals surface area contributed by atoms with Gasteiger partial charge in [-0.25, -0.2) is 28.7 Å². The molecule has 1 fully saturated rings. The zero-order chi connectivity index (χ0) is 19.5. The average molecular weight is 378 g/mol. The maximum absolute atomic E-state index is 14.0. The SMILES string of the molecule is N=C/C=C\Nc1cc(C2CC2c2cnc(-c3ncccn3)nc2)cc(F)c1F. The summed E-state index contributed by atoms with van der Waals surface area (Å²) in [6.45, 7) is 0. The zero-order valence-electron chi connectivity index (χ0n) is 14.7. The molecule has 0 bridgehead atoms. The molecule has 1 saturated carbocycles. The van der Waals surface area contributed by atoms with E-state index in [-0.39, 0.29) is 17.5 Å². The van der Waals surface area contributed by atoms with E-state index in [1.54, 1.807) is 36.9 Å². The summed E-state index contributed by atoms with van der Waals surface area (Å²) in [7, 11) is 0. The van der Waals surface area contributed by atoms with Crippen LogP contribution in [0.15, 0.2) is 55.3 Å². The zero-order valence-corrected chi connectivity index (χ0v) is 14.7. The molecule has 6 nitrogen and oxygen atoms in total. The van der Waals surface area contributed by atoms with Crippen molar-refractivity contribution in [3.63, 3.8) is 0 Å². The molecule has 1 aliphatic rings. The maximum atomic E-state index is 14.0. The second-order valence-corrected chi connectivity index (χ2v) is 6.40. The Bertz CT molecular complexity index is 1020. The summed E-state index contributed by atoms with van der Waals surface area (Å²) >= 11 is 0. The van der Waals surface area contributed by atoms with Crippen molar-refractivity contribution in [2.45, 2.75) is 18.3 Å². The van der Waals surface area contributed by atoms with E-state index in [0.29, 0.717) is 17.2 Å². The lowest BCUT2D eigenvalue weighted by Gasteiger charge is -2.08. The van der Waals surface area contributed by atoms with E-state index >= 15 is 0 Å². The number of allylic oxidation sites excluding steroid dienone is 1. The predicted octanol–water partition coefficient (Wildman–Crippen LogP) is 4.06. The van der Waals surface area contributed by atoms with Crippen molar-refractivity contribution < 1.29 is 8.78 Å². The number of aromatic nitrogens is 4. The highest BCUT2D eigenvalue weighted by atomic mass is 19.2. The first-order chi connectivity index (χ1) is 13.7. The second kappa shape index (κ2) is 7.59. The molecule has 0 saturated heterocycles. The second-order valence-electron chi connectivity index (χ2n) is 6.40. The van der Waals surface area contributed by atoms with Crippen molar-refractivity contribution in [2.24, 2.45) is 0 Å². The third-order valence-electron chi connectivity index (χ3n) is 4.57. The Balaban J connectivity index is 1.52. The Morgan fingerprint density at radius 3 is 2.36 bits per heavy atom. The highest BCUT2D eigenvalue weighted by molar-refractivity contribution is 5.68. The summed E-state index contributed by atoms with van der Waals surface area (Å²) in [6, 6.07) is 4.56. The van der Waals surface area contributed by atoms with Crippen molar-refractivity contribution in [3.8, 4) is 11.6 Å². The normalized spacial score (nSPS) is 18.2. The Morgan fingerprint density at radius 2 is 1.64 bits per heavy atom. The van der Waals surface area contributed by atoms with Gasteiger partial charge < -0.3 is 10.7 Å². The summed E-state index contributed by atoms with van der Waals surface area (Å²) in [5.74, 6) is -0.715. The van der Waals surface area contributed by atoms with Crippen molar-refractivity contribution in [2.75, 3.05) is 5.32 Å². The lowest BCUT2D eigenvalue weighted by atomic mass is 10.1. The Morgan fingerprint density at radius 1 is 0.964 bits per heavy atom. The van der Waals surface area contributed by atoms with Gasteiger partial charge in [-0.2, -0.15) is 0 Å². The molecule has 1 aromatic carbocycles. The highest BCUT2D eigenvalue weighted by Crippen LogP contribution is 2.55. The third-order valence-corrected chi connectivity index (χ3v) is 4.57. The molecule has 2 unspecified atom stereocenters. The van der Waals surface area contributed by atoms with Gasteiger partial charge in [0.05, 0.1) is 5.69 Å². The van der Waals surface area contributed by atoms with E-state index in [4.69, 9.17) is 5.41 Å². The first kappa shape index (κ1) is 17.8. The van der Waals surface area contributed by atoms with Crippen molar-refractivity contribution in [1.82, 2.24) is 19.9 Å². The number of halogens is 2. The van der Waals surface area contributed by atoms with Crippen molar-refractivity contribution >= 4 is 11.9 Å². The monoisotopic (exact) mass is 378 g/mol. The van der Waals surface area contributed by atoms with Gasteiger partial charge in [-0.05, 0) is 53.7 Å². The van der Waals surface area contributed by atoms with Gasteiger partial charge in [-0.3, -0.25) is 0 Å². The molecule has 3 aromatic rings. The average Bonchev–Trinajstić information content (AvgIpc) is 3.53. The van der Waals surface area contributed by atoms with E-state index in [0.717, 1.165) is 18.2 Å². The van der Waals surface area contributed by atoms with Gasteiger partial charge in [-0.1, -0.05) is 0 Å². The van der Waals surface area contributed by atoms with Crippen LogP contribution in [0, 0.1) is 17.0 Å². The summed E-state index contributed by atoms with van der Waals surface area (Å²) in [5.41, 5.74) is 1.70. The molecule has 2 aromatic heterocycles. The van der Waals surface area contributed by atoms with Crippen LogP contribution in [0.25, 0.3) is 11.6 Å². The van der Waals surface area contributed by atoms with Crippen LogP contribution in [0.2, 0.25) is 0 Å². The Labute approximate surface area is 159 Å². The van der Waals surface area contributed by atoms with Crippen LogP contribution in [0.3, 0.4) is 0 Å². The molecule has 4 rings (SSSR count). The summed E-state index contributed by atoms with van der Waals surface area (Å²) < 4.78 is 27.9. The molecule has 0 spiro atoms. The molecule has 1 aliphatic carbocycles. The predicted molar refractivity (Wildman–Crippen MR) is 101 cm³/mol. The van der Waals surface area contributed by atoms with Gasteiger partial charge in [0, 0.05) is 37.2 Å². The molecular weight excluding hydrogens is 362 g/mol. The standard InChI is InChI=1S/C20H16F2N6/c21-16-7-12(8-17(18(16)22)24-4-1-3-23)14-9-15(14)13-10-27-20(28-11-13)19-25-5-2-6-26-19/h1-8,10-11,14-15,23-24H,9H2/b4-1-,23-3?. The van der Waals surface area contributed by atoms with E-state index < -0.39 is 11.6 Å². The summed E-state index contributed by atoms with van der Waals surface area (Å²) in [5, 5.41) is 9.61. The van der Waals surface area contributed by atoms with Crippen molar-refractivity contribution in [1.29, 1.82) is 5.41 Å². The first-order valence-electron chi connectivity index (χ1n) is 8.68. The number of hydrogen-bond acceptors (Lipinski definition) is 6. The molecule has 8 heteroatoms.